The highest BCUT2D eigenvalue weighted by molar-refractivity contribution is 7.92. The summed E-state index contributed by atoms with van der Waals surface area (Å²) in [5.41, 5.74) is 1.84. The van der Waals surface area contributed by atoms with Gasteiger partial charge in [0, 0.05) is 19.5 Å². The Balaban J connectivity index is 1.78. The second-order valence-electron chi connectivity index (χ2n) is 11.2. The van der Waals surface area contributed by atoms with E-state index in [2.05, 4.69) is 5.32 Å². The summed E-state index contributed by atoms with van der Waals surface area (Å²) in [6, 6.07) is 28.5. The van der Waals surface area contributed by atoms with Gasteiger partial charge in [-0.1, -0.05) is 74.5 Å². The highest BCUT2D eigenvalue weighted by atomic mass is 32.2. The molecule has 0 aliphatic heterocycles. The molecule has 0 unspecified atom stereocenters. The monoisotopic (exact) mass is 645 g/mol. The maximum absolute atomic E-state index is 14.5. The summed E-state index contributed by atoms with van der Waals surface area (Å²) >= 11 is 0. The molecule has 0 aromatic heterocycles. The predicted octanol–water partition coefficient (Wildman–Crippen LogP) is 5.83. The number of amides is 2. The minimum Gasteiger partial charge on any atom is -0.494 e. The van der Waals surface area contributed by atoms with Crippen LogP contribution in [0, 0.1) is 11.7 Å². The van der Waals surface area contributed by atoms with Crippen molar-refractivity contribution in [1.82, 2.24) is 10.2 Å². The lowest BCUT2D eigenvalue weighted by atomic mass is 10.0. The molecule has 0 radical (unpaired) electrons. The number of carbonyl (C=O) groups is 2. The third-order valence-electron chi connectivity index (χ3n) is 7.27. The molecule has 4 aromatic carbocycles. The third kappa shape index (κ3) is 9.17. The van der Waals surface area contributed by atoms with Crippen molar-refractivity contribution in [2.75, 3.05) is 24.0 Å². The van der Waals surface area contributed by atoms with Crippen LogP contribution in [0.4, 0.5) is 10.1 Å². The number of sulfonamides is 1. The van der Waals surface area contributed by atoms with Crippen molar-refractivity contribution in [3.63, 3.8) is 0 Å². The number of hydrogen-bond donors (Lipinski definition) is 1. The molecule has 46 heavy (non-hydrogen) atoms. The molecule has 0 spiro atoms. The Hall–Kier alpha value is -4.70. The molecule has 2 amide bonds. The lowest BCUT2D eigenvalue weighted by Crippen LogP contribution is -2.53. The third-order valence-corrected chi connectivity index (χ3v) is 9.06. The van der Waals surface area contributed by atoms with Crippen molar-refractivity contribution < 1.29 is 27.1 Å². The summed E-state index contributed by atoms with van der Waals surface area (Å²) in [6.45, 7) is 6.09. The van der Waals surface area contributed by atoms with E-state index in [1.165, 1.54) is 4.90 Å². The first-order chi connectivity index (χ1) is 22.1. The van der Waals surface area contributed by atoms with Crippen LogP contribution in [0.25, 0.3) is 0 Å². The standard InChI is InChI=1S/C36H40FN3O5S/c1-4-45-32-19-17-31(18-20-32)40(46(43,44)33-21-15-30(37)16-22-33)26-35(41)39(25-29-13-9-6-10-14-29)34(36(42)38-24-27(2)3)23-28-11-7-5-8-12-28/h5-22,27,34H,4,23-26H2,1-3H3,(H,38,42)/t34-/m1/s1. The number of hydrogen-bond acceptors (Lipinski definition) is 5. The Morgan fingerprint density at radius 1 is 0.826 bits per heavy atom. The lowest BCUT2D eigenvalue weighted by Gasteiger charge is -2.34. The maximum Gasteiger partial charge on any atom is 0.264 e. The summed E-state index contributed by atoms with van der Waals surface area (Å²) in [5.74, 6) is -0.796. The number of ether oxygens (including phenoxy) is 1. The van der Waals surface area contributed by atoms with Gasteiger partial charge in [0.25, 0.3) is 10.0 Å². The normalized spacial score (nSPS) is 11.9. The van der Waals surface area contributed by atoms with Gasteiger partial charge in [-0.25, -0.2) is 12.8 Å². The Labute approximate surface area is 270 Å². The predicted molar refractivity (Wildman–Crippen MR) is 177 cm³/mol. The molecule has 4 rings (SSSR count). The number of benzene rings is 4. The minimum absolute atomic E-state index is 0.0694. The summed E-state index contributed by atoms with van der Waals surface area (Å²) in [4.78, 5) is 29.5. The van der Waals surface area contributed by atoms with Gasteiger partial charge < -0.3 is 15.0 Å². The SMILES string of the molecule is CCOc1ccc(N(CC(=O)N(Cc2ccccc2)[C@H](Cc2ccccc2)C(=O)NCC(C)C)S(=O)(=O)c2ccc(F)cc2)cc1. The first kappa shape index (κ1) is 34.2. The van der Waals surface area contributed by atoms with E-state index in [9.17, 15) is 22.4 Å². The topological polar surface area (TPSA) is 96.0 Å². The molecule has 0 aliphatic rings. The van der Waals surface area contributed by atoms with E-state index in [1.54, 1.807) is 24.3 Å². The number of rotatable bonds is 15. The molecule has 0 bridgehead atoms. The summed E-state index contributed by atoms with van der Waals surface area (Å²) in [6.07, 6.45) is 0.219. The molecule has 10 heteroatoms. The molecule has 0 saturated carbocycles. The van der Waals surface area contributed by atoms with Crippen LogP contribution in [-0.2, 0) is 32.6 Å². The highest BCUT2D eigenvalue weighted by Gasteiger charge is 2.34. The highest BCUT2D eigenvalue weighted by Crippen LogP contribution is 2.27. The minimum atomic E-state index is -4.35. The summed E-state index contributed by atoms with van der Waals surface area (Å²) in [7, 11) is -4.35. The van der Waals surface area contributed by atoms with Crippen LogP contribution in [0.1, 0.15) is 31.9 Å². The van der Waals surface area contributed by atoms with E-state index in [0.29, 0.717) is 18.9 Å². The van der Waals surface area contributed by atoms with Crippen molar-refractivity contribution in [3.8, 4) is 5.75 Å². The van der Waals surface area contributed by atoms with Crippen molar-refractivity contribution in [1.29, 1.82) is 0 Å². The zero-order valence-corrected chi connectivity index (χ0v) is 27.1. The van der Waals surface area contributed by atoms with Gasteiger partial charge in [0.15, 0.2) is 0 Å². The number of carbonyl (C=O) groups excluding carboxylic acids is 2. The van der Waals surface area contributed by atoms with E-state index in [-0.39, 0.29) is 35.4 Å². The number of halogens is 1. The van der Waals surface area contributed by atoms with E-state index in [4.69, 9.17) is 4.74 Å². The molecule has 0 fully saturated rings. The van der Waals surface area contributed by atoms with Gasteiger partial charge in [-0.3, -0.25) is 13.9 Å². The van der Waals surface area contributed by atoms with Gasteiger partial charge >= 0.3 is 0 Å². The lowest BCUT2D eigenvalue weighted by molar-refractivity contribution is -0.140. The molecular formula is C36H40FN3O5S. The zero-order valence-electron chi connectivity index (χ0n) is 26.3. The fraction of sp³-hybridized carbons (Fsp3) is 0.278. The largest absolute Gasteiger partial charge is 0.494 e. The zero-order chi connectivity index (χ0) is 33.1. The van der Waals surface area contributed by atoms with Crippen LogP contribution >= 0.6 is 0 Å². The van der Waals surface area contributed by atoms with Crippen LogP contribution in [0.2, 0.25) is 0 Å². The van der Waals surface area contributed by atoms with Crippen LogP contribution in [0.5, 0.6) is 5.75 Å². The summed E-state index contributed by atoms with van der Waals surface area (Å²) in [5, 5.41) is 2.97. The van der Waals surface area contributed by atoms with E-state index in [1.807, 2.05) is 81.4 Å². The Morgan fingerprint density at radius 3 is 1.98 bits per heavy atom. The van der Waals surface area contributed by atoms with Gasteiger partial charge in [0.05, 0.1) is 17.2 Å². The fourth-order valence-electron chi connectivity index (χ4n) is 4.89. The van der Waals surface area contributed by atoms with Crippen molar-refractivity contribution in [2.24, 2.45) is 5.92 Å². The first-order valence-electron chi connectivity index (χ1n) is 15.2. The molecule has 8 nitrogen and oxygen atoms in total. The quantitative estimate of drug-likeness (QED) is 0.176. The van der Waals surface area contributed by atoms with E-state index < -0.39 is 34.3 Å². The summed E-state index contributed by atoms with van der Waals surface area (Å²) < 4.78 is 48.4. The first-order valence-corrected chi connectivity index (χ1v) is 16.7. The average molecular weight is 646 g/mol. The van der Waals surface area contributed by atoms with Crippen molar-refractivity contribution in [3.05, 3.63) is 126 Å². The molecule has 1 atom stereocenters. The van der Waals surface area contributed by atoms with Gasteiger partial charge in [-0.05, 0) is 72.5 Å². The molecule has 1 N–H and O–H groups in total. The average Bonchev–Trinajstić information content (AvgIpc) is 3.05. The van der Waals surface area contributed by atoms with Crippen molar-refractivity contribution >= 4 is 27.5 Å². The molecule has 0 heterocycles. The number of nitrogens with one attached hydrogen (secondary N) is 1. The molecular weight excluding hydrogens is 605 g/mol. The van der Waals surface area contributed by atoms with Crippen LogP contribution in [0.15, 0.2) is 114 Å². The van der Waals surface area contributed by atoms with E-state index >= 15 is 0 Å². The Morgan fingerprint density at radius 2 is 1.41 bits per heavy atom. The van der Waals surface area contributed by atoms with Gasteiger partial charge in [-0.2, -0.15) is 0 Å². The smallest absolute Gasteiger partial charge is 0.264 e. The second-order valence-corrected chi connectivity index (χ2v) is 13.1. The van der Waals surface area contributed by atoms with Gasteiger partial charge in [0.1, 0.15) is 24.2 Å². The Kier molecular flexibility index (Phi) is 11.9. The number of anilines is 1. The van der Waals surface area contributed by atoms with Gasteiger partial charge in [-0.15, -0.1) is 0 Å². The fourth-order valence-corrected chi connectivity index (χ4v) is 6.31. The van der Waals surface area contributed by atoms with Crippen LogP contribution in [-0.4, -0.2) is 50.9 Å². The number of nitrogens with zero attached hydrogens (tertiary/aromatic N) is 2. The van der Waals surface area contributed by atoms with Crippen LogP contribution in [0.3, 0.4) is 0 Å². The van der Waals surface area contributed by atoms with Crippen LogP contribution < -0.4 is 14.4 Å². The maximum atomic E-state index is 14.5. The Bertz CT molecular complexity index is 1670. The van der Waals surface area contributed by atoms with Gasteiger partial charge in [0.2, 0.25) is 11.8 Å². The van der Waals surface area contributed by atoms with E-state index in [0.717, 1.165) is 39.7 Å². The molecule has 0 aliphatic carbocycles. The molecule has 242 valence electrons. The van der Waals surface area contributed by atoms with Crippen molar-refractivity contribution in [2.45, 2.75) is 44.7 Å². The second kappa shape index (κ2) is 16.0. The molecule has 0 saturated heterocycles. The molecule has 4 aromatic rings.